The van der Waals surface area contributed by atoms with Gasteiger partial charge in [-0.05, 0) is 30.7 Å². The Morgan fingerprint density at radius 3 is 2.87 bits per heavy atom. The average molecular weight is 442 g/mol. The third kappa shape index (κ3) is 3.36. The van der Waals surface area contributed by atoms with Crippen LogP contribution in [0.2, 0.25) is 0 Å². The van der Waals surface area contributed by atoms with E-state index >= 15 is 0 Å². The van der Waals surface area contributed by atoms with Crippen LogP contribution in [0.4, 0.5) is 10.9 Å². The van der Waals surface area contributed by atoms with Crippen LogP contribution in [0.15, 0.2) is 24.5 Å². The van der Waals surface area contributed by atoms with Gasteiger partial charge in [-0.3, -0.25) is 10.1 Å². The Hall–Kier alpha value is -2.82. The number of thiazole rings is 1. The summed E-state index contributed by atoms with van der Waals surface area (Å²) in [4.78, 5) is 30.1. The molecule has 1 aliphatic heterocycles. The van der Waals surface area contributed by atoms with Gasteiger partial charge in [0.25, 0.3) is 5.91 Å². The number of anilines is 2. The van der Waals surface area contributed by atoms with Crippen LogP contribution in [0, 0.1) is 6.92 Å². The number of carbonyl (C=O) groups is 1. The molecule has 30 heavy (non-hydrogen) atoms. The normalized spacial score (nSPS) is 14.4. The minimum Gasteiger partial charge on any atom is -0.497 e. The third-order valence-electron chi connectivity index (χ3n) is 5.04. The van der Waals surface area contributed by atoms with E-state index < -0.39 is 0 Å². The van der Waals surface area contributed by atoms with E-state index in [1.165, 1.54) is 22.7 Å². The van der Waals surface area contributed by atoms with Gasteiger partial charge in [-0.2, -0.15) is 0 Å². The van der Waals surface area contributed by atoms with Gasteiger partial charge in [0.05, 0.1) is 40.8 Å². The van der Waals surface area contributed by atoms with Gasteiger partial charge < -0.3 is 14.4 Å². The Labute approximate surface area is 180 Å². The molecule has 3 aromatic heterocycles. The van der Waals surface area contributed by atoms with Gasteiger partial charge in [-0.25, -0.2) is 15.0 Å². The van der Waals surface area contributed by atoms with E-state index in [0.717, 1.165) is 50.7 Å². The van der Waals surface area contributed by atoms with Crippen molar-refractivity contribution in [2.24, 2.45) is 0 Å². The van der Waals surface area contributed by atoms with Gasteiger partial charge in [-0.1, -0.05) is 11.3 Å². The van der Waals surface area contributed by atoms with Gasteiger partial charge in [-0.15, -0.1) is 11.3 Å². The largest absolute Gasteiger partial charge is 0.497 e. The van der Waals surface area contributed by atoms with Crippen molar-refractivity contribution in [3.05, 3.63) is 35.0 Å². The second kappa shape index (κ2) is 7.78. The molecule has 0 spiro atoms. The zero-order valence-electron chi connectivity index (χ0n) is 16.5. The number of benzene rings is 1. The number of ether oxygens (including phenoxy) is 2. The average Bonchev–Trinajstić information content (AvgIpc) is 3.34. The smallest absolute Gasteiger partial charge is 0.267 e. The van der Waals surface area contributed by atoms with Crippen LogP contribution in [0.3, 0.4) is 0 Å². The molecule has 8 nitrogen and oxygen atoms in total. The minimum atomic E-state index is -0.186. The Morgan fingerprint density at radius 1 is 1.23 bits per heavy atom. The first-order valence-electron chi connectivity index (χ1n) is 9.47. The molecule has 1 aliphatic rings. The van der Waals surface area contributed by atoms with Crippen molar-refractivity contribution in [3.8, 4) is 5.75 Å². The number of hydrogen-bond acceptors (Lipinski definition) is 9. The Bertz CT molecular complexity index is 1250. The fourth-order valence-electron chi connectivity index (χ4n) is 3.52. The Morgan fingerprint density at radius 2 is 2.07 bits per heavy atom. The van der Waals surface area contributed by atoms with E-state index in [0.29, 0.717) is 23.2 Å². The summed E-state index contributed by atoms with van der Waals surface area (Å²) >= 11 is 2.80. The molecule has 1 fully saturated rings. The lowest BCUT2D eigenvalue weighted by Crippen LogP contribution is -2.36. The standard InChI is InChI=1S/C20H19N5O3S2/c1-11-15-17(25-5-7-28-8-6-25)21-10-22-19(15)30-16(11)18(26)24-20-23-13-4-3-12(27-2)9-14(13)29-20/h3-4,9-10H,5-8H2,1-2H3,(H,23,24,26). The van der Waals surface area contributed by atoms with Gasteiger partial charge in [0.1, 0.15) is 22.7 Å². The lowest BCUT2D eigenvalue weighted by Gasteiger charge is -2.28. The summed E-state index contributed by atoms with van der Waals surface area (Å²) in [5.41, 5.74) is 1.71. The summed E-state index contributed by atoms with van der Waals surface area (Å²) in [6, 6.07) is 5.66. The van der Waals surface area contributed by atoms with Crippen molar-refractivity contribution in [3.63, 3.8) is 0 Å². The first kappa shape index (κ1) is 19.2. The van der Waals surface area contributed by atoms with Gasteiger partial charge in [0, 0.05) is 13.1 Å². The lowest BCUT2D eigenvalue weighted by molar-refractivity contribution is 0.103. The predicted molar refractivity (Wildman–Crippen MR) is 119 cm³/mol. The molecule has 0 saturated carbocycles. The molecule has 1 aromatic carbocycles. The van der Waals surface area contributed by atoms with Crippen LogP contribution in [-0.2, 0) is 4.74 Å². The summed E-state index contributed by atoms with van der Waals surface area (Å²) < 4.78 is 11.7. The second-order valence-electron chi connectivity index (χ2n) is 6.84. The molecule has 5 rings (SSSR count). The highest BCUT2D eigenvalue weighted by molar-refractivity contribution is 7.23. The molecule has 0 aliphatic carbocycles. The Kier molecular flexibility index (Phi) is 4.97. The van der Waals surface area contributed by atoms with Crippen LogP contribution >= 0.6 is 22.7 Å². The van der Waals surface area contributed by atoms with E-state index in [2.05, 4.69) is 25.2 Å². The number of methoxy groups -OCH3 is 1. The highest BCUT2D eigenvalue weighted by atomic mass is 32.1. The fraction of sp³-hybridized carbons (Fsp3) is 0.300. The summed E-state index contributed by atoms with van der Waals surface area (Å²) in [6.07, 6.45) is 1.56. The van der Waals surface area contributed by atoms with Crippen LogP contribution < -0.4 is 15.0 Å². The number of aryl methyl sites for hydroxylation is 1. The maximum Gasteiger partial charge on any atom is 0.267 e. The van der Waals surface area contributed by atoms with Crippen LogP contribution in [0.25, 0.3) is 20.4 Å². The summed E-state index contributed by atoms with van der Waals surface area (Å²) in [5, 5.41) is 4.43. The van der Waals surface area contributed by atoms with Crippen molar-refractivity contribution in [2.75, 3.05) is 43.6 Å². The first-order chi connectivity index (χ1) is 14.6. The number of nitrogens with zero attached hydrogens (tertiary/aromatic N) is 4. The number of aromatic nitrogens is 3. The molecule has 0 atom stereocenters. The van der Waals surface area contributed by atoms with E-state index in [1.54, 1.807) is 13.4 Å². The van der Waals surface area contributed by atoms with Crippen molar-refractivity contribution in [1.29, 1.82) is 0 Å². The Balaban J connectivity index is 1.47. The van der Waals surface area contributed by atoms with Crippen LogP contribution in [0.5, 0.6) is 5.75 Å². The SMILES string of the molecule is COc1ccc2nc(NC(=O)c3sc4ncnc(N5CCOCC5)c4c3C)sc2c1. The highest BCUT2D eigenvalue weighted by Gasteiger charge is 2.23. The van der Waals surface area contributed by atoms with Crippen molar-refractivity contribution in [2.45, 2.75) is 6.92 Å². The van der Waals surface area contributed by atoms with E-state index in [1.807, 2.05) is 25.1 Å². The molecule has 0 radical (unpaired) electrons. The first-order valence-corrected chi connectivity index (χ1v) is 11.1. The van der Waals surface area contributed by atoms with E-state index in [9.17, 15) is 4.79 Å². The molecule has 154 valence electrons. The number of morpholine rings is 1. The number of hydrogen-bond donors (Lipinski definition) is 1. The zero-order valence-corrected chi connectivity index (χ0v) is 18.1. The molecular weight excluding hydrogens is 422 g/mol. The summed E-state index contributed by atoms with van der Waals surface area (Å²) in [6.45, 7) is 4.84. The van der Waals surface area contributed by atoms with Crippen LogP contribution in [-0.4, -0.2) is 54.3 Å². The molecule has 1 amide bonds. The summed E-state index contributed by atoms with van der Waals surface area (Å²) in [5.74, 6) is 1.44. The van der Waals surface area contributed by atoms with Gasteiger partial charge in [0.15, 0.2) is 5.13 Å². The molecule has 1 saturated heterocycles. The monoisotopic (exact) mass is 441 g/mol. The second-order valence-corrected chi connectivity index (χ2v) is 8.87. The van der Waals surface area contributed by atoms with E-state index in [4.69, 9.17) is 9.47 Å². The molecule has 0 unspecified atom stereocenters. The molecule has 0 bridgehead atoms. The minimum absolute atomic E-state index is 0.186. The number of fused-ring (bicyclic) bond motifs is 2. The summed E-state index contributed by atoms with van der Waals surface area (Å²) in [7, 11) is 1.63. The third-order valence-corrected chi connectivity index (χ3v) is 7.17. The quantitative estimate of drug-likeness (QED) is 0.516. The van der Waals surface area contributed by atoms with Gasteiger partial charge >= 0.3 is 0 Å². The maximum absolute atomic E-state index is 13.1. The predicted octanol–water partition coefficient (Wildman–Crippen LogP) is 3.71. The van der Waals surface area contributed by atoms with Crippen molar-refractivity contribution >= 4 is 60.0 Å². The number of rotatable bonds is 4. The molecule has 4 aromatic rings. The topological polar surface area (TPSA) is 89.5 Å². The number of amides is 1. The number of thiophene rings is 1. The lowest BCUT2D eigenvalue weighted by atomic mass is 10.2. The molecular formula is C20H19N5O3S2. The molecule has 1 N–H and O–H groups in total. The highest BCUT2D eigenvalue weighted by Crippen LogP contribution is 2.36. The number of nitrogens with one attached hydrogen (secondary N) is 1. The number of carbonyl (C=O) groups excluding carboxylic acids is 1. The molecule has 10 heteroatoms. The van der Waals surface area contributed by atoms with Gasteiger partial charge in [0.2, 0.25) is 0 Å². The van der Waals surface area contributed by atoms with E-state index in [-0.39, 0.29) is 5.91 Å². The van der Waals surface area contributed by atoms with Crippen LogP contribution in [0.1, 0.15) is 15.2 Å². The fourth-order valence-corrected chi connectivity index (χ4v) is 5.45. The van der Waals surface area contributed by atoms with Crippen molar-refractivity contribution < 1.29 is 14.3 Å². The maximum atomic E-state index is 13.1. The zero-order chi connectivity index (χ0) is 20.7. The van der Waals surface area contributed by atoms with Crippen molar-refractivity contribution in [1.82, 2.24) is 15.0 Å². The molecule has 4 heterocycles.